The van der Waals surface area contributed by atoms with Crippen LogP contribution in [0.2, 0.25) is 0 Å². The predicted octanol–water partition coefficient (Wildman–Crippen LogP) is 2.77. The molecule has 3 aromatic rings. The van der Waals surface area contributed by atoms with Gasteiger partial charge in [0.2, 0.25) is 11.8 Å². The maximum atomic E-state index is 13.2. The van der Waals surface area contributed by atoms with Crippen molar-refractivity contribution in [2.45, 2.75) is 36.6 Å². The summed E-state index contributed by atoms with van der Waals surface area (Å²) in [6.07, 6.45) is 0.598. The van der Waals surface area contributed by atoms with E-state index in [4.69, 9.17) is 0 Å². The number of carboxylic acids is 1. The van der Waals surface area contributed by atoms with Crippen LogP contribution in [0.25, 0.3) is 0 Å². The van der Waals surface area contributed by atoms with Gasteiger partial charge in [0, 0.05) is 12.8 Å². The lowest BCUT2D eigenvalue weighted by Crippen LogP contribution is -2.54. The number of rotatable bonds is 11. The summed E-state index contributed by atoms with van der Waals surface area (Å²) in [4.78, 5) is 37.9. The fourth-order valence-electron chi connectivity index (χ4n) is 3.60. The number of phenols is 1. The standard InChI is InChI=1S/C27H28N2O5S/c30-21-13-11-20(12-14-21)16-23(27(33)34)29-25(31)22(15-18-7-3-1-4-8-18)28-26(32)24(35)17-19-9-5-2-6-10-19/h1-14,22-24,30,35H,15-17H2,(H,28,32)(H,29,31)(H,33,34). The number of aliphatic carboxylic acids is 1. The Bertz CT molecular complexity index is 1120. The van der Waals surface area contributed by atoms with Crippen LogP contribution < -0.4 is 10.6 Å². The highest BCUT2D eigenvalue weighted by Crippen LogP contribution is 2.13. The second-order valence-electron chi connectivity index (χ2n) is 8.23. The molecule has 0 aliphatic heterocycles. The van der Waals surface area contributed by atoms with Crippen LogP contribution in [0.3, 0.4) is 0 Å². The molecule has 3 aromatic carbocycles. The van der Waals surface area contributed by atoms with Gasteiger partial charge in [0.25, 0.3) is 0 Å². The Kier molecular flexibility index (Phi) is 9.31. The molecule has 0 radical (unpaired) electrons. The van der Waals surface area contributed by atoms with Crippen LogP contribution >= 0.6 is 12.6 Å². The van der Waals surface area contributed by atoms with Gasteiger partial charge in [-0.3, -0.25) is 9.59 Å². The second-order valence-corrected chi connectivity index (χ2v) is 8.85. The maximum Gasteiger partial charge on any atom is 0.326 e. The van der Waals surface area contributed by atoms with Gasteiger partial charge in [0.1, 0.15) is 17.8 Å². The quantitative estimate of drug-likeness (QED) is 0.264. The molecule has 0 spiro atoms. The van der Waals surface area contributed by atoms with Gasteiger partial charge in [-0.2, -0.15) is 12.6 Å². The molecule has 35 heavy (non-hydrogen) atoms. The summed E-state index contributed by atoms with van der Waals surface area (Å²) in [7, 11) is 0. The molecule has 0 heterocycles. The zero-order chi connectivity index (χ0) is 25.2. The van der Waals surface area contributed by atoms with E-state index in [0.717, 1.165) is 11.1 Å². The van der Waals surface area contributed by atoms with Gasteiger partial charge < -0.3 is 20.8 Å². The van der Waals surface area contributed by atoms with E-state index in [2.05, 4.69) is 23.3 Å². The Balaban J connectivity index is 1.72. The Labute approximate surface area is 209 Å². The van der Waals surface area contributed by atoms with Crippen molar-refractivity contribution < 1.29 is 24.6 Å². The Morgan fingerprint density at radius 3 is 1.66 bits per heavy atom. The number of aromatic hydroxyl groups is 1. The highest BCUT2D eigenvalue weighted by atomic mass is 32.1. The molecule has 8 heteroatoms. The number of carbonyl (C=O) groups excluding carboxylic acids is 2. The molecule has 0 aliphatic rings. The number of hydrogen-bond donors (Lipinski definition) is 5. The van der Waals surface area contributed by atoms with Crippen molar-refractivity contribution in [1.82, 2.24) is 10.6 Å². The highest BCUT2D eigenvalue weighted by Gasteiger charge is 2.28. The lowest BCUT2D eigenvalue weighted by molar-refractivity contribution is -0.142. The number of thiol groups is 1. The first-order chi connectivity index (χ1) is 16.8. The van der Waals surface area contributed by atoms with Gasteiger partial charge in [0.05, 0.1) is 5.25 Å². The number of nitrogens with one attached hydrogen (secondary N) is 2. The average Bonchev–Trinajstić information content (AvgIpc) is 2.85. The fraction of sp³-hybridized carbons (Fsp3) is 0.222. The van der Waals surface area contributed by atoms with Crippen molar-refractivity contribution in [2.75, 3.05) is 0 Å². The van der Waals surface area contributed by atoms with Gasteiger partial charge >= 0.3 is 5.97 Å². The summed E-state index contributed by atoms with van der Waals surface area (Å²) >= 11 is 4.42. The van der Waals surface area contributed by atoms with E-state index in [1.807, 2.05) is 60.7 Å². The minimum atomic E-state index is -1.21. The van der Waals surface area contributed by atoms with E-state index in [1.54, 1.807) is 12.1 Å². The van der Waals surface area contributed by atoms with E-state index in [1.165, 1.54) is 12.1 Å². The summed E-state index contributed by atoms with van der Waals surface area (Å²) in [5, 5.41) is 23.7. The monoisotopic (exact) mass is 492 g/mol. The van der Waals surface area contributed by atoms with Crippen LogP contribution in [-0.4, -0.2) is 45.3 Å². The summed E-state index contributed by atoms with van der Waals surface area (Å²) in [6.45, 7) is 0. The van der Waals surface area contributed by atoms with Crippen molar-refractivity contribution in [3.05, 3.63) is 102 Å². The molecule has 0 saturated heterocycles. The van der Waals surface area contributed by atoms with Gasteiger partial charge in [-0.1, -0.05) is 72.8 Å². The van der Waals surface area contributed by atoms with Gasteiger partial charge in [-0.05, 0) is 35.2 Å². The highest BCUT2D eigenvalue weighted by molar-refractivity contribution is 7.81. The topological polar surface area (TPSA) is 116 Å². The molecule has 3 rings (SSSR count). The van der Waals surface area contributed by atoms with E-state index in [-0.39, 0.29) is 18.6 Å². The molecular weight excluding hydrogens is 464 g/mol. The van der Waals surface area contributed by atoms with Crippen molar-refractivity contribution in [3.63, 3.8) is 0 Å². The van der Waals surface area contributed by atoms with Crippen LogP contribution in [0.1, 0.15) is 16.7 Å². The smallest absolute Gasteiger partial charge is 0.326 e. The summed E-state index contributed by atoms with van der Waals surface area (Å²) < 4.78 is 0. The van der Waals surface area contributed by atoms with Gasteiger partial charge in [-0.25, -0.2) is 4.79 Å². The normalized spacial score (nSPS) is 13.3. The number of benzene rings is 3. The largest absolute Gasteiger partial charge is 0.508 e. The summed E-state index contributed by atoms with van der Waals surface area (Å²) in [5.74, 6) is -2.16. The molecule has 0 fully saturated rings. The molecule has 0 aliphatic carbocycles. The summed E-state index contributed by atoms with van der Waals surface area (Å²) in [5.41, 5.74) is 2.39. The molecular formula is C27H28N2O5S. The van der Waals surface area contributed by atoms with Crippen molar-refractivity contribution in [1.29, 1.82) is 0 Å². The molecule has 3 atom stereocenters. The third kappa shape index (κ3) is 8.19. The van der Waals surface area contributed by atoms with Crippen LogP contribution in [0.5, 0.6) is 5.75 Å². The van der Waals surface area contributed by atoms with Crippen LogP contribution in [0, 0.1) is 0 Å². The molecule has 0 aromatic heterocycles. The first-order valence-electron chi connectivity index (χ1n) is 11.2. The minimum Gasteiger partial charge on any atom is -0.508 e. The number of hydrogen-bond acceptors (Lipinski definition) is 5. The van der Waals surface area contributed by atoms with Gasteiger partial charge in [-0.15, -0.1) is 0 Å². The number of phenolic OH excluding ortho intramolecular Hbond substituents is 1. The van der Waals surface area contributed by atoms with Crippen molar-refractivity contribution in [2.24, 2.45) is 0 Å². The van der Waals surface area contributed by atoms with Crippen molar-refractivity contribution in [3.8, 4) is 5.75 Å². The third-order valence-electron chi connectivity index (χ3n) is 5.48. The van der Waals surface area contributed by atoms with E-state index < -0.39 is 35.1 Å². The summed E-state index contributed by atoms with van der Waals surface area (Å²) in [6, 6.07) is 22.5. The lowest BCUT2D eigenvalue weighted by atomic mass is 10.0. The Morgan fingerprint density at radius 2 is 1.11 bits per heavy atom. The van der Waals surface area contributed by atoms with Crippen molar-refractivity contribution >= 4 is 30.4 Å². The average molecular weight is 493 g/mol. The first-order valence-corrected chi connectivity index (χ1v) is 11.7. The number of carbonyl (C=O) groups is 3. The molecule has 0 saturated carbocycles. The minimum absolute atomic E-state index is 0.0244. The zero-order valence-corrected chi connectivity index (χ0v) is 19.9. The molecule has 7 nitrogen and oxygen atoms in total. The van der Waals surface area contributed by atoms with Crippen LogP contribution in [0.4, 0.5) is 0 Å². The molecule has 182 valence electrons. The van der Waals surface area contributed by atoms with Crippen LogP contribution in [-0.2, 0) is 33.6 Å². The molecule has 2 amide bonds. The third-order valence-corrected chi connectivity index (χ3v) is 5.90. The molecule has 4 N–H and O–H groups in total. The lowest BCUT2D eigenvalue weighted by Gasteiger charge is -2.23. The van der Waals surface area contributed by atoms with Crippen LogP contribution in [0.15, 0.2) is 84.9 Å². The van der Waals surface area contributed by atoms with E-state index >= 15 is 0 Å². The molecule has 3 unspecified atom stereocenters. The van der Waals surface area contributed by atoms with E-state index in [9.17, 15) is 24.6 Å². The van der Waals surface area contributed by atoms with Gasteiger partial charge in [0.15, 0.2) is 0 Å². The first kappa shape index (κ1) is 25.8. The Hall–Kier alpha value is -3.78. The fourth-order valence-corrected chi connectivity index (χ4v) is 3.88. The second kappa shape index (κ2) is 12.6. The predicted molar refractivity (Wildman–Crippen MR) is 136 cm³/mol. The molecule has 0 bridgehead atoms. The SMILES string of the molecule is O=C(NC(Cc1ccccc1)C(=O)NC(Cc1ccc(O)cc1)C(=O)O)C(S)Cc1ccccc1. The Morgan fingerprint density at radius 1 is 0.657 bits per heavy atom. The number of amides is 2. The maximum absolute atomic E-state index is 13.2. The number of carboxylic acid groups (broad SMARTS) is 1. The zero-order valence-electron chi connectivity index (χ0n) is 19.0. The van der Waals surface area contributed by atoms with E-state index in [0.29, 0.717) is 12.0 Å².